The zero-order valence-electron chi connectivity index (χ0n) is 9.18. The molecular formula is C12H12BrF2NO. The molecule has 2 rings (SSSR count). The van der Waals surface area contributed by atoms with Crippen LogP contribution >= 0.6 is 15.9 Å². The molecule has 0 spiro atoms. The van der Waals surface area contributed by atoms with Crippen LogP contribution in [0.4, 0.5) is 8.78 Å². The molecule has 1 aliphatic heterocycles. The van der Waals surface area contributed by atoms with E-state index < -0.39 is 11.6 Å². The monoisotopic (exact) mass is 303 g/mol. The second-order valence-electron chi connectivity index (χ2n) is 4.10. The fourth-order valence-corrected chi connectivity index (χ4v) is 2.30. The molecule has 1 aromatic rings. The maximum absolute atomic E-state index is 13.5. The smallest absolute Gasteiger partial charge is 0.256 e. The van der Waals surface area contributed by atoms with E-state index in [2.05, 4.69) is 15.9 Å². The van der Waals surface area contributed by atoms with Crippen molar-refractivity contribution in [2.24, 2.45) is 0 Å². The Morgan fingerprint density at radius 3 is 2.41 bits per heavy atom. The molecule has 0 radical (unpaired) electrons. The van der Waals surface area contributed by atoms with Crippen molar-refractivity contribution in [3.63, 3.8) is 0 Å². The quantitative estimate of drug-likeness (QED) is 0.729. The first-order valence-electron chi connectivity index (χ1n) is 5.53. The normalized spacial score (nSPS) is 16.1. The second-order valence-corrected chi connectivity index (χ2v) is 4.95. The maximum atomic E-state index is 13.5. The van der Waals surface area contributed by atoms with Crippen LogP contribution < -0.4 is 0 Å². The Morgan fingerprint density at radius 2 is 1.76 bits per heavy atom. The predicted octanol–water partition coefficient (Wildman–Crippen LogP) is 3.35. The number of carbonyl (C=O) groups is 1. The molecule has 0 saturated carbocycles. The molecule has 0 atom stereocenters. The van der Waals surface area contributed by atoms with Gasteiger partial charge in [0.1, 0.15) is 11.6 Å². The van der Waals surface area contributed by atoms with Crippen molar-refractivity contribution in [2.75, 3.05) is 13.1 Å². The van der Waals surface area contributed by atoms with Gasteiger partial charge in [0.25, 0.3) is 5.91 Å². The first kappa shape index (κ1) is 12.5. The Kier molecular flexibility index (Phi) is 3.76. The summed E-state index contributed by atoms with van der Waals surface area (Å²) < 4.78 is 26.7. The molecule has 2 nitrogen and oxygen atoms in total. The van der Waals surface area contributed by atoms with E-state index >= 15 is 0 Å². The molecular weight excluding hydrogens is 292 g/mol. The summed E-state index contributed by atoms with van der Waals surface area (Å²) in [6, 6.07) is 1.95. The van der Waals surface area contributed by atoms with Crippen molar-refractivity contribution in [3.05, 3.63) is 33.8 Å². The van der Waals surface area contributed by atoms with Crippen molar-refractivity contribution in [2.45, 2.75) is 19.3 Å². The average molecular weight is 304 g/mol. The Morgan fingerprint density at radius 1 is 1.12 bits per heavy atom. The van der Waals surface area contributed by atoms with Crippen LogP contribution in [-0.4, -0.2) is 23.9 Å². The first-order valence-corrected chi connectivity index (χ1v) is 6.32. The maximum Gasteiger partial charge on any atom is 0.256 e. The molecule has 0 unspecified atom stereocenters. The van der Waals surface area contributed by atoms with E-state index in [1.54, 1.807) is 4.90 Å². The third-order valence-corrected chi connectivity index (χ3v) is 3.49. The summed E-state index contributed by atoms with van der Waals surface area (Å²) in [5, 5.41) is 0. The van der Waals surface area contributed by atoms with Gasteiger partial charge in [0.15, 0.2) is 0 Å². The highest BCUT2D eigenvalue weighted by Crippen LogP contribution is 2.22. The molecule has 92 valence electrons. The van der Waals surface area contributed by atoms with Crippen LogP contribution in [0, 0.1) is 11.6 Å². The van der Waals surface area contributed by atoms with Crippen LogP contribution in [-0.2, 0) is 0 Å². The molecule has 5 heteroatoms. The highest BCUT2D eigenvalue weighted by molar-refractivity contribution is 9.10. The van der Waals surface area contributed by atoms with Gasteiger partial charge in [-0.2, -0.15) is 0 Å². The Bertz CT molecular complexity index is 444. The van der Waals surface area contributed by atoms with Crippen molar-refractivity contribution in [3.8, 4) is 0 Å². The number of piperidine rings is 1. The van der Waals surface area contributed by atoms with Gasteiger partial charge in [0.05, 0.1) is 10.0 Å². The van der Waals surface area contributed by atoms with Crippen LogP contribution in [0.2, 0.25) is 0 Å². The van der Waals surface area contributed by atoms with Crippen LogP contribution in [0.15, 0.2) is 16.6 Å². The number of nitrogens with zero attached hydrogens (tertiary/aromatic N) is 1. The summed E-state index contributed by atoms with van der Waals surface area (Å²) in [6.07, 6.45) is 2.98. The Labute approximate surface area is 107 Å². The third kappa shape index (κ3) is 2.65. The fourth-order valence-electron chi connectivity index (χ4n) is 1.95. The predicted molar refractivity (Wildman–Crippen MR) is 63.8 cm³/mol. The van der Waals surface area contributed by atoms with E-state index in [0.29, 0.717) is 13.1 Å². The van der Waals surface area contributed by atoms with Crippen LogP contribution in [0.1, 0.15) is 29.6 Å². The van der Waals surface area contributed by atoms with E-state index in [0.717, 1.165) is 25.3 Å². The highest BCUT2D eigenvalue weighted by atomic mass is 79.9. The highest BCUT2D eigenvalue weighted by Gasteiger charge is 2.22. The standard InChI is InChI=1S/C12H12BrF2NO/c13-9-6-8(10(14)7-11(9)15)12(17)16-4-2-1-3-5-16/h6-7H,1-5H2. The van der Waals surface area contributed by atoms with Crippen molar-refractivity contribution >= 4 is 21.8 Å². The number of carbonyl (C=O) groups excluding carboxylic acids is 1. The van der Waals surface area contributed by atoms with Gasteiger partial charge in [-0.3, -0.25) is 4.79 Å². The second kappa shape index (κ2) is 5.12. The average Bonchev–Trinajstić information content (AvgIpc) is 2.34. The summed E-state index contributed by atoms with van der Waals surface area (Å²) >= 11 is 2.96. The molecule has 1 fully saturated rings. The lowest BCUT2D eigenvalue weighted by atomic mass is 10.1. The van der Waals surface area contributed by atoms with Crippen molar-refractivity contribution < 1.29 is 13.6 Å². The zero-order chi connectivity index (χ0) is 12.4. The Hall–Kier alpha value is -0.970. The van der Waals surface area contributed by atoms with Gasteiger partial charge >= 0.3 is 0 Å². The third-order valence-electron chi connectivity index (χ3n) is 2.88. The van der Waals surface area contributed by atoms with E-state index in [-0.39, 0.29) is 15.9 Å². The van der Waals surface area contributed by atoms with Gasteiger partial charge in [-0.15, -0.1) is 0 Å². The summed E-state index contributed by atoms with van der Waals surface area (Å²) in [5.74, 6) is -1.86. The van der Waals surface area contributed by atoms with Gasteiger partial charge in [0, 0.05) is 19.2 Å². The molecule has 1 aliphatic rings. The number of halogens is 3. The number of benzene rings is 1. The summed E-state index contributed by atoms with van der Waals surface area (Å²) in [4.78, 5) is 13.6. The lowest BCUT2D eigenvalue weighted by molar-refractivity contribution is 0.0719. The van der Waals surface area contributed by atoms with Crippen LogP contribution in [0.3, 0.4) is 0 Å². The molecule has 0 N–H and O–H groups in total. The largest absolute Gasteiger partial charge is 0.339 e. The SMILES string of the molecule is O=C(c1cc(Br)c(F)cc1F)N1CCCCC1. The van der Waals surface area contributed by atoms with Crippen molar-refractivity contribution in [1.82, 2.24) is 4.90 Å². The molecule has 0 aromatic heterocycles. The molecule has 1 amide bonds. The molecule has 17 heavy (non-hydrogen) atoms. The summed E-state index contributed by atoms with van der Waals surface area (Å²) in [5.41, 5.74) is -0.0693. The van der Waals surface area contributed by atoms with Gasteiger partial charge in [-0.25, -0.2) is 8.78 Å². The molecule has 1 saturated heterocycles. The zero-order valence-corrected chi connectivity index (χ0v) is 10.8. The molecule has 1 heterocycles. The molecule has 1 aromatic carbocycles. The first-order chi connectivity index (χ1) is 8.09. The minimum absolute atomic E-state index is 0.0693. The minimum atomic E-state index is -0.804. The lowest BCUT2D eigenvalue weighted by Gasteiger charge is -2.26. The van der Waals surface area contributed by atoms with Gasteiger partial charge in [-0.1, -0.05) is 0 Å². The number of likely N-dealkylation sites (tertiary alicyclic amines) is 1. The topological polar surface area (TPSA) is 20.3 Å². The van der Waals surface area contributed by atoms with Gasteiger partial charge < -0.3 is 4.90 Å². The fraction of sp³-hybridized carbons (Fsp3) is 0.417. The summed E-state index contributed by atoms with van der Waals surface area (Å²) in [7, 11) is 0. The van der Waals surface area contributed by atoms with E-state index in [1.165, 1.54) is 6.07 Å². The van der Waals surface area contributed by atoms with Gasteiger partial charge in [-0.05, 0) is 41.3 Å². The number of rotatable bonds is 1. The number of hydrogen-bond donors (Lipinski definition) is 0. The molecule has 0 aliphatic carbocycles. The summed E-state index contributed by atoms with van der Waals surface area (Å²) in [6.45, 7) is 1.29. The van der Waals surface area contributed by atoms with E-state index in [4.69, 9.17) is 0 Å². The lowest BCUT2D eigenvalue weighted by Crippen LogP contribution is -2.36. The van der Waals surface area contributed by atoms with Crippen LogP contribution in [0.5, 0.6) is 0 Å². The minimum Gasteiger partial charge on any atom is -0.339 e. The Balaban J connectivity index is 2.26. The van der Waals surface area contributed by atoms with Gasteiger partial charge in [0.2, 0.25) is 0 Å². The van der Waals surface area contributed by atoms with Crippen LogP contribution in [0.25, 0.3) is 0 Å². The number of hydrogen-bond acceptors (Lipinski definition) is 1. The van der Waals surface area contributed by atoms with Crippen molar-refractivity contribution in [1.29, 1.82) is 0 Å². The van der Waals surface area contributed by atoms with E-state index in [1.807, 2.05) is 0 Å². The number of amides is 1. The van der Waals surface area contributed by atoms with E-state index in [9.17, 15) is 13.6 Å². The molecule has 0 bridgehead atoms.